The fourth-order valence-electron chi connectivity index (χ4n) is 2.66. The third-order valence-electron chi connectivity index (χ3n) is 3.89. The fraction of sp³-hybridized carbons (Fsp3) is 0.438. The van der Waals surface area contributed by atoms with Crippen molar-refractivity contribution in [3.05, 3.63) is 35.5 Å². The first-order chi connectivity index (χ1) is 10.7. The normalized spacial score (nSPS) is 21.5. The third-order valence-corrected chi connectivity index (χ3v) is 4.80. The van der Waals surface area contributed by atoms with Gasteiger partial charge in [-0.3, -0.25) is 9.78 Å². The van der Waals surface area contributed by atoms with E-state index in [0.717, 1.165) is 35.8 Å². The topological polar surface area (TPSA) is 66.9 Å². The van der Waals surface area contributed by atoms with Crippen LogP contribution in [0.1, 0.15) is 25.5 Å². The monoisotopic (exact) mass is 316 g/mol. The Balaban J connectivity index is 1.59. The lowest BCUT2D eigenvalue weighted by molar-refractivity contribution is -0.121. The SMILES string of the molecule is CC1NCCCC1NC(=O)Cc1csc(-c2ccccn2)n1. The number of aromatic nitrogens is 2. The second kappa shape index (κ2) is 6.98. The van der Waals surface area contributed by atoms with Crippen molar-refractivity contribution in [1.29, 1.82) is 0 Å². The van der Waals surface area contributed by atoms with Crippen LogP contribution in [0.25, 0.3) is 10.7 Å². The molecule has 0 saturated carbocycles. The first-order valence-corrected chi connectivity index (χ1v) is 8.49. The molecule has 2 atom stereocenters. The molecule has 1 aliphatic heterocycles. The van der Waals surface area contributed by atoms with E-state index in [1.165, 1.54) is 11.3 Å². The minimum Gasteiger partial charge on any atom is -0.351 e. The zero-order valence-corrected chi connectivity index (χ0v) is 13.4. The predicted molar refractivity (Wildman–Crippen MR) is 87.7 cm³/mol. The van der Waals surface area contributed by atoms with Crippen LogP contribution in [0.4, 0.5) is 0 Å². The summed E-state index contributed by atoms with van der Waals surface area (Å²) in [6.45, 7) is 3.15. The summed E-state index contributed by atoms with van der Waals surface area (Å²) >= 11 is 1.53. The molecule has 2 N–H and O–H groups in total. The Hall–Kier alpha value is -1.79. The first kappa shape index (κ1) is 15.1. The molecule has 0 spiro atoms. The Morgan fingerprint density at radius 3 is 3.18 bits per heavy atom. The highest BCUT2D eigenvalue weighted by Crippen LogP contribution is 2.21. The van der Waals surface area contributed by atoms with Gasteiger partial charge in [0.2, 0.25) is 5.91 Å². The van der Waals surface area contributed by atoms with E-state index in [4.69, 9.17) is 0 Å². The van der Waals surface area contributed by atoms with E-state index < -0.39 is 0 Å². The summed E-state index contributed by atoms with van der Waals surface area (Å²) in [5.41, 5.74) is 1.66. The molecule has 1 aliphatic rings. The quantitative estimate of drug-likeness (QED) is 0.905. The van der Waals surface area contributed by atoms with Gasteiger partial charge in [0.1, 0.15) is 5.01 Å². The number of nitrogens with one attached hydrogen (secondary N) is 2. The number of hydrogen-bond donors (Lipinski definition) is 2. The molecule has 2 unspecified atom stereocenters. The highest BCUT2D eigenvalue weighted by molar-refractivity contribution is 7.13. The van der Waals surface area contributed by atoms with E-state index in [2.05, 4.69) is 27.5 Å². The maximum atomic E-state index is 12.2. The van der Waals surface area contributed by atoms with Crippen molar-refractivity contribution < 1.29 is 4.79 Å². The van der Waals surface area contributed by atoms with E-state index in [-0.39, 0.29) is 11.9 Å². The number of amides is 1. The molecule has 5 nitrogen and oxygen atoms in total. The zero-order chi connectivity index (χ0) is 15.4. The van der Waals surface area contributed by atoms with Gasteiger partial charge in [0.25, 0.3) is 0 Å². The summed E-state index contributed by atoms with van der Waals surface area (Å²) in [5.74, 6) is 0.0402. The lowest BCUT2D eigenvalue weighted by atomic mass is 10.00. The Bertz CT molecular complexity index is 628. The molecule has 1 amide bonds. The maximum absolute atomic E-state index is 12.2. The van der Waals surface area contributed by atoms with Gasteiger partial charge in [-0.1, -0.05) is 6.07 Å². The molecule has 0 radical (unpaired) electrons. The number of hydrogen-bond acceptors (Lipinski definition) is 5. The van der Waals surface area contributed by atoms with Crippen LogP contribution < -0.4 is 10.6 Å². The van der Waals surface area contributed by atoms with E-state index in [9.17, 15) is 4.79 Å². The summed E-state index contributed by atoms with van der Waals surface area (Å²) in [6, 6.07) is 6.29. The van der Waals surface area contributed by atoms with Gasteiger partial charge in [0, 0.05) is 23.7 Å². The molecule has 3 rings (SSSR count). The van der Waals surface area contributed by atoms with Crippen molar-refractivity contribution in [1.82, 2.24) is 20.6 Å². The van der Waals surface area contributed by atoms with E-state index in [1.807, 2.05) is 23.6 Å². The van der Waals surface area contributed by atoms with Crippen LogP contribution >= 0.6 is 11.3 Å². The van der Waals surface area contributed by atoms with E-state index in [1.54, 1.807) is 6.20 Å². The van der Waals surface area contributed by atoms with Gasteiger partial charge < -0.3 is 10.6 Å². The van der Waals surface area contributed by atoms with Crippen molar-refractivity contribution in [2.24, 2.45) is 0 Å². The molecule has 1 fully saturated rings. The number of carbonyl (C=O) groups excluding carboxylic acids is 1. The number of thiazole rings is 1. The highest BCUT2D eigenvalue weighted by atomic mass is 32.1. The standard InChI is InChI=1S/C16H20N4OS/c1-11-13(6-4-8-17-11)20-15(21)9-12-10-22-16(19-12)14-5-2-3-7-18-14/h2-3,5,7,10-11,13,17H,4,6,8-9H2,1H3,(H,20,21). The molecule has 0 aliphatic carbocycles. The average Bonchev–Trinajstić information content (AvgIpc) is 2.99. The molecule has 0 aromatic carbocycles. The second-order valence-electron chi connectivity index (χ2n) is 5.59. The molecule has 3 heterocycles. The van der Waals surface area contributed by atoms with Crippen LogP contribution in [-0.2, 0) is 11.2 Å². The van der Waals surface area contributed by atoms with Crippen molar-refractivity contribution in [3.8, 4) is 10.7 Å². The minimum absolute atomic E-state index is 0.0402. The third kappa shape index (κ3) is 3.69. The summed E-state index contributed by atoms with van der Waals surface area (Å²) in [7, 11) is 0. The minimum atomic E-state index is 0.0402. The summed E-state index contributed by atoms with van der Waals surface area (Å²) in [5, 5.41) is 9.30. The van der Waals surface area contributed by atoms with Gasteiger partial charge in [0.05, 0.1) is 17.8 Å². The molecular formula is C16H20N4OS. The summed E-state index contributed by atoms with van der Waals surface area (Å²) in [6.07, 6.45) is 4.22. The van der Waals surface area contributed by atoms with E-state index >= 15 is 0 Å². The number of piperidine rings is 1. The first-order valence-electron chi connectivity index (χ1n) is 7.61. The zero-order valence-electron chi connectivity index (χ0n) is 12.6. The number of nitrogens with zero attached hydrogens (tertiary/aromatic N) is 2. The van der Waals surface area contributed by atoms with Gasteiger partial charge in [-0.05, 0) is 38.4 Å². The van der Waals surface area contributed by atoms with Gasteiger partial charge in [0.15, 0.2) is 0 Å². The fourth-order valence-corrected chi connectivity index (χ4v) is 3.45. The largest absolute Gasteiger partial charge is 0.351 e. The number of carbonyl (C=O) groups is 1. The molecule has 1 saturated heterocycles. The lowest BCUT2D eigenvalue weighted by Gasteiger charge is -2.30. The number of pyridine rings is 1. The van der Waals surface area contributed by atoms with Crippen molar-refractivity contribution in [2.75, 3.05) is 6.54 Å². The highest BCUT2D eigenvalue weighted by Gasteiger charge is 2.22. The predicted octanol–water partition coefficient (Wildman–Crippen LogP) is 2.00. The molecule has 6 heteroatoms. The van der Waals surface area contributed by atoms with Crippen LogP contribution in [0.2, 0.25) is 0 Å². The Kier molecular flexibility index (Phi) is 4.80. The molecule has 2 aromatic heterocycles. The Morgan fingerprint density at radius 1 is 1.50 bits per heavy atom. The molecule has 116 valence electrons. The molecule has 22 heavy (non-hydrogen) atoms. The van der Waals surface area contributed by atoms with E-state index in [0.29, 0.717) is 12.5 Å². The van der Waals surface area contributed by atoms with Crippen LogP contribution in [0, 0.1) is 0 Å². The van der Waals surface area contributed by atoms with Gasteiger partial charge in [-0.2, -0.15) is 0 Å². The summed E-state index contributed by atoms with van der Waals surface area (Å²) < 4.78 is 0. The molecule has 2 aromatic rings. The molecular weight excluding hydrogens is 296 g/mol. The number of rotatable bonds is 4. The maximum Gasteiger partial charge on any atom is 0.226 e. The Morgan fingerprint density at radius 2 is 2.41 bits per heavy atom. The van der Waals surface area contributed by atoms with Crippen LogP contribution in [-0.4, -0.2) is 34.5 Å². The second-order valence-corrected chi connectivity index (χ2v) is 6.45. The van der Waals surface area contributed by atoms with Gasteiger partial charge in [-0.15, -0.1) is 11.3 Å². The van der Waals surface area contributed by atoms with Crippen molar-refractivity contribution in [3.63, 3.8) is 0 Å². The average molecular weight is 316 g/mol. The Labute approximate surface area is 134 Å². The van der Waals surface area contributed by atoms with Crippen LogP contribution in [0.5, 0.6) is 0 Å². The van der Waals surface area contributed by atoms with Crippen molar-refractivity contribution in [2.45, 2.75) is 38.3 Å². The van der Waals surface area contributed by atoms with Crippen molar-refractivity contribution >= 4 is 17.2 Å². The lowest BCUT2D eigenvalue weighted by Crippen LogP contribution is -2.52. The smallest absolute Gasteiger partial charge is 0.226 e. The summed E-state index contributed by atoms with van der Waals surface area (Å²) in [4.78, 5) is 21.0. The van der Waals surface area contributed by atoms with Crippen LogP contribution in [0.15, 0.2) is 29.8 Å². The van der Waals surface area contributed by atoms with Gasteiger partial charge >= 0.3 is 0 Å². The van der Waals surface area contributed by atoms with Crippen LogP contribution in [0.3, 0.4) is 0 Å². The molecule has 0 bridgehead atoms. The van der Waals surface area contributed by atoms with Gasteiger partial charge in [-0.25, -0.2) is 4.98 Å².